The monoisotopic (exact) mass is 269 g/mol. The molecule has 5 nitrogen and oxygen atoms in total. The van der Waals surface area contributed by atoms with Crippen LogP contribution in [0.4, 0.5) is 4.79 Å². The molecule has 0 aliphatic carbocycles. The number of likely N-dealkylation sites (tertiary alicyclic amines) is 1. The Bertz CT molecular complexity index is 428. The van der Waals surface area contributed by atoms with E-state index >= 15 is 0 Å². The van der Waals surface area contributed by atoms with Crippen LogP contribution < -0.4 is 5.32 Å². The van der Waals surface area contributed by atoms with Crippen molar-refractivity contribution in [3.63, 3.8) is 0 Å². The highest BCUT2D eigenvalue weighted by Gasteiger charge is 2.23. The van der Waals surface area contributed by atoms with Gasteiger partial charge in [-0.1, -0.05) is 11.6 Å². The van der Waals surface area contributed by atoms with Crippen molar-refractivity contribution < 1.29 is 9.53 Å². The maximum Gasteiger partial charge on any atom is 0.407 e. The summed E-state index contributed by atoms with van der Waals surface area (Å²) in [6.07, 6.45) is 2.28. The summed E-state index contributed by atoms with van der Waals surface area (Å²) in [6, 6.07) is 3.98. The van der Waals surface area contributed by atoms with Gasteiger partial charge in [-0.2, -0.15) is 0 Å². The van der Waals surface area contributed by atoms with E-state index in [2.05, 4.69) is 19.9 Å². The van der Waals surface area contributed by atoms with Crippen molar-refractivity contribution in [1.82, 2.24) is 15.2 Å². The molecule has 1 N–H and O–H groups in total. The summed E-state index contributed by atoms with van der Waals surface area (Å²) in [5.41, 5.74) is 1.13. The molecule has 1 atom stereocenters. The van der Waals surface area contributed by atoms with Crippen LogP contribution in [0.5, 0.6) is 0 Å². The van der Waals surface area contributed by atoms with Gasteiger partial charge in [0.05, 0.1) is 7.11 Å². The van der Waals surface area contributed by atoms with Gasteiger partial charge in [0.25, 0.3) is 0 Å². The molecule has 1 aromatic heterocycles. The first kappa shape index (κ1) is 13.1. The van der Waals surface area contributed by atoms with Gasteiger partial charge in [0.15, 0.2) is 0 Å². The number of carbonyl (C=O) groups is 1. The predicted octanol–water partition coefficient (Wildman–Crippen LogP) is 1.67. The van der Waals surface area contributed by atoms with Crippen LogP contribution in [-0.4, -0.2) is 42.2 Å². The zero-order valence-electron chi connectivity index (χ0n) is 10.2. The molecule has 1 amide bonds. The maximum absolute atomic E-state index is 11.1. The number of methoxy groups -OCH3 is 1. The van der Waals surface area contributed by atoms with Crippen LogP contribution in [0.1, 0.15) is 12.0 Å². The first-order valence-corrected chi connectivity index (χ1v) is 6.22. The Morgan fingerprint density at radius 1 is 1.72 bits per heavy atom. The Morgan fingerprint density at radius 3 is 3.28 bits per heavy atom. The summed E-state index contributed by atoms with van der Waals surface area (Å²) in [5, 5.41) is 3.32. The molecule has 1 unspecified atom stereocenters. The standard InChI is InChI=1S/C12H16ClN3O2/c1-18-12(17)15-10-3-5-16(8-10)7-9-2-4-14-11(13)6-9/h2,4,6,10H,3,5,7-8H2,1H3,(H,15,17). The molecule has 0 spiro atoms. The van der Waals surface area contributed by atoms with Crippen LogP contribution in [0.15, 0.2) is 18.3 Å². The van der Waals surface area contributed by atoms with E-state index in [-0.39, 0.29) is 12.1 Å². The van der Waals surface area contributed by atoms with Gasteiger partial charge >= 0.3 is 6.09 Å². The number of aromatic nitrogens is 1. The van der Waals surface area contributed by atoms with E-state index in [0.29, 0.717) is 5.15 Å². The average Bonchev–Trinajstić information content (AvgIpc) is 2.76. The molecule has 1 saturated heterocycles. The normalized spacial score (nSPS) is 19.8. The Balaban J connectivity index is 1.84. The molecule has 0 saturated carbocycles. The van der Waals surface area contributed by atoms with Gasteiger partial charge in [-0.3, -0.25) is 4.90 Å². The number of ether oxygens (including phenoxy) is 1. The van der Waals surface area contributed by atoms with E-state index in [0.717, 1.165) is 31.6 Å². The van der Waals surface area contributed by atoms with Crippen LogP contribution >= 0.6 is 11.6 Å². The SMILES string of the molecule is COC(=O)NC1CCN(Cc2ccnc(Cl)c2)C1. The number of hydrogen-bond donors (Lipinski definition) is 1. The third-order valence-corrected chi connectivity index (χ3v) is 3.18. The second kappa shape index (κ2) is 6.02. The Labute approximate surface area is 111 Å². The van der Waals surface area contributed by atoms with E-state index < -0.39 is 0 Å². The van der Waals surface area contributed by atoms with Crippen molar-refractivity contribution in [3.05, 3.63) is 29.0 Å². The Hall–Kier alpha value is -1.33. The molecule has 1 aliphatic rings. The number of pyridine rings is 1. The highest BCUT2D eigenvalue weighted by Crippen LogP contribution is 2.15. The molecule has 2 heterocycles. The number of rotatable bonds is 3. The predicted molar refractivity (Wildman–Crippen MR) is 68.5 cm³/mol. The number of halogens is 1. The molecule has 0 bridgehead atoms. The largest absolute Gasteiger partial charge is 0.453 e. The van der Waals surface area contributed by atoms with Crippen molar-refractivity contribution in [2.45, 2.75) is 19.0 Å². The highest BCUT2D eigenvalue weighted by atomic mass is 35.5. The lowest BCUT2D eigenvalue weighted by atomic mass is 10.2. The van der Waals surface area contributed by atoms with Crippen molar-refractivity contribution in [1.29, 1.82) is 0 Å². The van der Waals surface area contributed by atoms with E-state index in [1.807, 2.05) is 12.1 Å². The zero-order valence-corrected chi connectivity index (χ0v) is 11.0. The molecule has 0 aromatic carbocycles. The van der Waals surface area contributed by atoms with Gasteiger partial charge in [0, 0.05) is 31.9 Å². The molecule has 98 valence electrons. The number of carbonyl (C=O) groups excluding carboxylic acids is 1. The third kappa shape index (κ3) is 3.58. The molecule has 1 aliphatic heterocycles. The molecule has 2 rings (SSSR count). The maximum atomic E-state index is 11.1. The molecule has 18 heavy (non-hydrogen) atoms. The van der Waals surface area contributed by atoms with Gasteiger partial charge in [-0.15, -0.1) is 0 Å². The van der Waals surface area contributed by atoms with Crippen molar-refractivity contribution in [2.75, 3.05) is 20.2 Å². The number of nitrogens with one attached hydrogen (secondary N) is 1. The van der Waals surface area contributed by atoms with Gasteiger partial charge in [-0.25, -0.2) is 9.78 Å². The summed E-state index contributed by atoms with van der Waals surface area (Å²) in [4.78, 5) is 17.3. The Kier molecular flexibility index (Phi) is 4.38. The first-order valence-electron chi connectivity index (χ1n) is 5.84. The molecule has 0 radical (unpaired) electrons. The summed E-state index contributed by atoms with van der Waals surface area (Å²) < 4.78 is 4.59. The van der Waals surface area contributed by atoms with Gasteiger partial charge < -0.3 is 10.1 Å². The topological polar surface area (TPSA) is 54.5 Å². The zero-order chi connectivity index (χ0) is 13.0. The van der Waals surface area contributed by atoms with Crippen molar-refractivity contribution in [3.8, 4) is 0 Å². The minimum absolute atomic E-state index is 0.162. The van der Waals surface area contributed by atoms with E-state index in [4.69, 9.17) is 11.6 Å². The van der Waals surface area contributed by atoms with Crippen LogP contribution in [-0.2, 0) is 11.3 Å². The van der Waals surface area contributed by atoms with Crippen LogP contribution in [0, 0.1) is 0 Å². The van der Waals surface area contributed by atoms with Crippen LogP contribution in [0.25, 0.3) is 0 Å². The summed E-state index contributed by atoms with van der Waals surface area (Å²) in [5.74, 6) is 0. The molecular weight excluding hydrogens is 254 g/mol. The second-order valence-electron chi connectivity index (χ2n) is 4.34. The highest BCUT2D eigenvalue weighted by molar-refractivity contribution is 6.29. The Morgan fingerprint density at radius 2 is 2.56 bits per heavy atom. The quantitative estimate of drug-likeness (QED) is 0.848. The molecule has 1 fully saturated rings. The first-order chi connectivity index (χ1) is 8.67. The fourth-order valence-corrected chi connectivity index (χ4v) is 2.32. The van der Waals surface area contributed by atoms with E-state index in [1.54, 1.807) is 6.20 Å². The summed E-state index contributed by atoms with van der Waals surface area (Å²) in [7, 11) is 1.38. The van der Waals surface area contributed by atoms with Crippen LogP contribution in [0.3, 0.4) is 0 Å². The smallest absolute Gasteiger partial charge is 0.407 e. The number of amides is 1. The molecular formula is C12H16ClN3O2. The summed E-state index contributed by atoms with van der Waals surface area (Å²) >= 11 is 5.84. The van der Waals surface area contributed by atoms with Crippen molar-refractivity contribution in [2.24, 2.45) is 0 Å². The molecule has 1 aromatic rings. The fraction of sp³-hybridized carbons (Fsp3) is 0.500. The van der Waals surface area contributed by atoms with Gasteiger partial charge in [0.1, 0.15) is 5.15 Å². The number of hydrogen-bond acceptors (Lipinski definition) is 4. The number of nitrogens with zero attached hydrogens (tertiary/aromatic N) is 2. The van der Waals surface area contributed by atoms with E-state index in [9.17, 15) is 4.79 Å². The van der Waals surface area contributed by atoms with Gasteiger partial charge in [0.2, 0.25) is 0 Å². The lowest BCUT2D eigenvalue weighted by molar-refractivity contribution is 0.166. The van der Waals surface area contributed by atoms with Gasteiger partial charge in [-0.05, 0) is 24.1 Å². The fourth-order valence-electron chi connectivity index (χ4n) is 2.12. The van der Waals surface area contributed by atoms with E-state index in [1.165, 1.54) is 7.11 Å². The second-order valence-corrected chi connectivity index (χ2v) is 4.73. The van der Waals surface area contributed by atoms with Crippen LogP contribution in [0.2, 0.25) is 5.15 Å². The van der Waals surface area contributed by atoms with Crippen molar-refractivity contribution >= 4 is 17.7 Å². The average molecular weight is 270 g/mol. The lowest BCUT2D eigenvalue weighted by Crippen LogP contribution is -2.36. The minimum Gasteiger partial charge on any atom is -0.453 e. The third-order valence-electron chi connectivity index (χ3n) is 2.98. The minimum atomic E-state index is -0.367. The molecule has 6 heteroatoms. The number of alkyl carbamates (subject to hydrolysis) is 1. The lowest BCUT2D eigenvalue weighted by Gasteiger charge is -2.16. The summed E-state index contributed by atoms with van der Waals surface area (Å²) in [6.45, 7) is 2.60.